The van der Waals surface area contributed by atoms with Crippen LogP contribution in [-0.4, -0.2) is 61.8 Å². The Morgan fingerprint density at radius 1 is 1.09 bits per heavy atom. The van der Waals surface area contributed by atoms with Crippen LogP contribution in [0.5, 0.6) is 5.75 Å². The number of nitrogens with one attached hydrogen (secondary N) is 1. The van der Waals surface area contributed by atoms with Crippen molar-refractivity contribution in [2.45, 2.75) is 13.5 Å². The van der Waals surface area contributed by atoms with Crippen molar-refractivity contribution in [3.05, 3.63) is 29.8 Å². The summed E-state index contributed by atoms with van der Waals surface area (Å²) in [5.41, 5.74) is 1.01. The van der Waals surface area contributed by atoms with Crippen LogP contribution in [0.3, 0.4) is 0 Å². The van der Waals surface area contributed by atoms with E-state index in [1.54, 1.807) is 9.80 Å². The Hall–Kier alpha value is -2.44. The molecule has 1 aliphatic heterocycles. The third-order valence-electron chi connectivity index (χ3n) is 3.68. The Morgan fingerprint density at radius 3 is 2.26 bits per heavy atom. The summed E-state index contributed by atoms with van der Waals surface area (Å²) in [6.45, 7) is 5.02. The summed E-state index contributed by atoms with van der Waals surface area (Å²) in [5.74, 6) is 0.821. The van der Waals surface area contributed by atoms with Gasteiger partial charge in [-0.15, -0.1) is 0 Å². The summed E-state index contributed by atoms with van der Waals surface area (Å²) < 4.78 is 10.1. The highest BCUT2D eigenvalue weighted by molar-refractivity contribution is 5.75. The molecule has 1 N–H and O–H groups in total. The molecule has 0 unspecified atom stereocenters. The smallest absolute Gasteiger partial charge is 0.409 e. The molecule has 126 valence electrons. The molecule has 7 heteroatoms. The Morgan fingerprint density at radius 2 is 1.70 bits per heavy atom. The Bertz CT molecular complexity index is 525. The molecule has 0 spiro atoms. The summed E-state index contributed by atoms with van der Waals surface area (Å²) in [6, 6.07) is 7.52. The number of hydrogen-bond donors (Lipinski definition) is 1. The number of piperazine rings is 1. The average Bonchev–Trinajstić information content (AvgIpc) is 2.60. The van der Waals surface area contributed by atoms with E-state index in [-0.39, 0.29) is 12.1 Å². The van der Waals surface area contributed by atoms with Gasteiger partial charge in [0.15, 0.2) is 0 Å². The highest BCUT2D eigenvalue weighted by Crippen LogP contribution is 2.12. The maximum absolute atomic E-state index is 12.1. The van der Waals surface area contributed by atoms with Crippen molar-refractivity contribution in [2.75, 3.05) is 39.9 Å². The highest BCUT2D eigenvalue weighted by atomic mass is 16.5. The maximum atomic E-state index is 12.1. The van der Waals surface area contributed by atoms with E-state index in [1.165, 1.54) is 7.11 Å². The van der Waals surface area contributed by atoms with Crippen molar-refractivity contribution >= 4 is 12.1 Å². The van der Waals surface area contributed by atoms with Gasteiger partial charge in [-0.2, -0.15) is 0 Å². The lowest BCUT2D eigenvalue weighted by molar-refractivity contribution is 0.0970. The number of carbonyl (C=O) groups excluding carboxylic acids is 2. The van der Waals surface area contributed by atoms with E-state index in [0.717, 1.165) is 11.3 Å². The zero-order chi connectivity index (χ0) is 16.7. The number of hydrogen-bond acceptors (Lipinski definition) is 4. The first-order valence-electron chi connectivity index (χ1n) is 7.71. The number of urea groups is 1. The Labute approximate surface area is 136 Å². The lowest BCUT2D eigenvalue weighted by Gasteiger charge is -2.33. The molecule has 0 radical (unpaired) electrons. The zero-order valence-electron chi connectivity index (χ0n) is 13.6. The quantitative estimate of drug-likeness (QED) is 0.916. The summed E-state index contributed by atoms with van der Waals surface area (Å²) >= 11 is 0. The van der Waals surface area contributed by atoms with Crippen molar-refractivity contribution < 1.29 is 19.1 Å². The van der Waals surface area contributed by atoms with Crippen molar-refractivity contribution in [3.8, 4) is 5.75 Å². The highest BCUT2D eigenvalue weighted by Gasteiger charge is 2.24. The molecule has 0 saturated carbocycles. The predicted octanol–water partition coefficient (Wildman–Crippen LogP) is 1.68. The number of rotatable bonds is 4. The number of amides is 3. The monoisotopic (exact) mass is 321 g/mol. The normalized spacial score (nSPS) is 14.3. The second-order valence-corrected chi connectivity index (χ2v) is 5.18. The minimum atomic E-state index is -0.348. The van der Waals surface area contributed by atoms with E-state index in [2.05, 4.69) is 10.1 Å². The van der Waals surface area contributed by atoms with Gasteiger partial charge in [0.2, 0.25) is 0 Å². The largest absolute Gasteiger partial charge is 0.494 e. The summed E-state index contributed by atoms with van der Waals surface area (Å²) in [7, 11) is 1.36. The average molecular weight is 321 g/mol. The first-order chi connectivity index (χ1) is 11.1. The van der Waals surface area contributed by atoms with Gasteiger partial charge >= 0.3 is 12.1 Å². The standard InChI is InChI=1S/C16H23N3O4/c1-3-23-14-6-4-13(5-7-14)12-17-15(20)18-8-10-19(11-9-18)16(21)22-2/h4-7H,3,8-12H2,1-2H3,(H,17,20). The van der Waals surface area contributed by atoms with Gasteiger partial charge in [-0.05, 0) is 24.6 Å². The molecule has 3 amide bonds. The van der Waals surface area contributed by atoms with E-state index in [0.29, 0.717) is 39.3 Å². The van der Waals surface area contributed by atoms with E-state index in [9.17, 15) is 9.59 Å². The van der Waals surface area contributed by atoms with Crippen molar-refractivity contribution in [3.63, 3.8) is 0 Å². The minimum Gasteiger partial charge on any atom is -0.494 e. The zero-order valence-corrected chi connectivity index (χ0v) is 13.6. The maximum Gasteiger partial charge on any atom is 0.409 e. The lowest BCUT2D eigenvalue weighted by atomic mass is 10.2. The van der Waals surface area contributed by atoms with Crippen LogP contribution in [0.4, 0.5) is 9.59 Å². The topological polar surface area (TPSA) is 71.1 Å². The fourth-order valence-corrected chi connectivity index (χ4v) is 2.38. The van der Waals surface area contributed by atoms with Crippen LogP contribution in [-0.2, 0) is 11.3 Å². The first-order valence-corrected chi connectivity index (χ1v) is 7.71. The predicted molar refractivity (Wildman–Crippen MR) is 85.4 cm³/mol. The molecule has 0 bridgehead atoms. The van der Waals surface area contributed by atoms with Crippen LogP contribution >= 0.6 is 0 Å². The number of ether oxygens (including phenoxy) is 2. The van der Waals surface area contributed by atoms with Gasteiger partial charge in [0.25, 0.3) is 0 Å². The molecule has 0 atom stereocenters. The van der Waals surface area contributed by atoms with Gasteiger partial charge in [-0.1, -0.05) is 12.1 Å². The molecule has 23 heavy (non-hydrogen) atoms. The molecule has 7 nitrogen and oxygen atoms in total. The molecular formula is C16H23N3O4. The molecular weight excluding hydrogens is 298 g/mol. The third-order valence-corrected chi connectivity index (χ3v) is 3.68. The number of benzene rings is 1. The molecule has 1 aromatic rings. The first kappa shape index (κ1) is 16.9. The van der Waals surface area contributed by atoms with E-state index in [1.807, 2.05) is 31.2 Å². The van der Waals surface area contributed by atoms with Crippen LogP contribution in [0.2, 0.25) is 0 Å². The molecule has 1 heterocycles. The van der Waals surface area contributed by atoms with Crippen LogP contribution < -0.4 is 10.1 Å². The fourth-order valence-electron chi connectivity index (χ4n) is 2.38. The van der Waals surface area contributed by atoms with Gasteiger partial charge in [0, 0.05) is 32.7 Å². The van der Waals surface area contributed by atoms with Crippen molar-refractivity contribution in [2.24, 2.45) is 0 Å². The van der Waals surface area contributed by atoms with Crippen LogP contribution in [0.1, 0.15) is 12.5 Å². The molecule has 1 fully saturated rings. The van der Waals surface area contributed by atoms with Gasteiger partial charge < -0.3 is 24.6 Å². The number of nitrogens with zero attached hydrogens (tertiary/aromatic N) is 2. The SMILES string of the molecule is CCOc1ccc(CNC(=O)N2CCN(C(=O)OC)CC2)cc1. The van der Waals surface area contributed by atoms with Crippen molar-refractivity contribution in [1.29, 1.82) is 0 Å². The number of methoxy groups -OCH3 is 1. The molecule has 0 aliphatic carbocycles. The second-order valence-electron chi connectivity index (χ2n) is 5.18. The number of carbonyl (C=O) groups is 2. The Kier molecular flexibility index (Phi) is 6.08. The third kappa shape index (κ3) is 4.77. The lowest BCUT2D eigenvalue weighted by Crippen LogP contribution is -2.53. The molecule has 0 aromatic heterocycles. The van der Waals surface area contributed by atoms with Gasteiger partial charge in [0.05, 0.1) is 13.7 Å². The summed E-state index contributed by atoms with van der Waals surface area (Å²) in [6.07, 6.45) is -0.348. The van der Waals surface area contributed by atoms with Crippen LogP contribution in [0.15, 0.2) is 24.3 Å². The van der Waals surface area contributed by atoms with E-state index < -0.39 is 0 Å². The van der Waals surface area contributed by atoms with Crippen molar-refractivity contribution in [1.82, 2.24) is 15.1 Å². The van der Waals surface area contributed by atoms with Gasteiger partial charge in [0.1, 0.15) is 5.75 Å². The van der Waals surface area contributed by atoms with Gasteiger partial charge in [-0.3, -0.25) is 0 Å². The van der Waals surface area contributed by atoms with Crippen LogP contribution in [0.25, 0.3) is 0 Å². The molecule has 1 saturated heterocycles. The Balaban J connectivity index is 1.76. The van der Waals surface area contributed by atoms with Gasteiger partial charge in [-0.25, -0.2) is 9.59 Å². The molecule has 1 aromatic carbocycles. The van der Waals surface area contributed by atoms with E-state index >= 15 is 0 Å². The summed E-state index contributed by atoms with van der Waals surface area (Å²) in [5, 5.41) is 2.89. The molecule has 2 rings (SSSR count). The second kappa shape index (κ2) is 8.26. The molecule has 1 aliphatic rings. The fraction of sp³-hybridized carbons (Fsp3) is 0.500. The van der Waals surface area contributed by atoms with E-state index in [4.69, 9.17) is 4.74 Å². The summed E-state index contributed by atoms with van der Waals surface area (Å²) in [4.78, 5) is 26.8. The minimum absolute atomic E-state index is 0.122. The van der Waals surface area contributed by atoms with Crippen LogP contribution in [0, 0.1) is 0 Å².